The summed E-state index contributed by atoms with van der Waals surface area (Å²) in [4.78, 5) is 10.8. The summed E-state index contributed by atoms with van der Waals surface area (Å²) in [5, 5.41) is 12.4. The molecule has 1 aliphatic carbocycles. The van der Waals surface area contributed by atoms with Gasteiger partial charge in [-0.3, -0.25) is 0 Å². The average molecular weight is 295 g/mol. The third-order valence-corrected chi connectivity index (χ3v) is 4.27. The van der Waals surface area contributed by atoms with Crippen molar-refractivity contribution in [1.29, 1.82) is 0 Å². The third-order valence-electron chi connectivity index (χ3n) is 4.27. The van der Waals surface area contributed by atoms with E-state index in [4.69, 9.17) is 5.11 Å². The minimum absolute atomic E-state index is 0.276. The third kappa shape index (κ3) is 3.55. The number of nitrogens with one attached hydrogen (secondary N) is 1. The van der Waals surface area contributed by atoms with Crippen molar-refractivity contribution in [1.82, 2.24) is 5.32 Å². The van der Waals surface area contributed by atoms with Gasteiger partial charge in [0.15, 0.2) is 0 Å². The van der Waals surface area contributed by atoms with Crippen LogP contribution in [-0.2, 0) is 6.54 Å². The van der Waals surface area contributed by atoms with E-state index in [1.165, 1.54) is 24.0 Å². The van der Waals surface area contributed by atoms with Crippen LogP contribution in [0.15, 0.2) is 48.5 Å². The van der Waals surface area contributed by atoms with Gasteiger partial charge in [-0.05, 0) is 54.5 Å². The molecule has 1 saturated carbocycles. The Balaban J connectivity index is 1.60. The SMILES string of the molecule is CC(NCc1ccc(C(=O)O)cc1)c1cccc(C2CC2)c1. The van der Waals surface area contributed by atoms with Crippen LogP contribution in [0.3, 0.4) is 0 Å². The monoisotopic (exact) mass is 295 g/mol. The highest BCUT2D eigenvalue weighted by atomic mass is 16.4. The van der Waals surface area contributed by atoms with Gasteiger partial charge in [0.25, 0.3) is 0 Å². The van der Waals surface area contributed by atoms with Crippen molar-refractivity contribution in [3.63, 3.8) is 0 Å². The predicted octanol–water partition coefficient (Wildman–Crippen LogP) is 4.11. The van der Waals surface area contributed by atoms with Crippen LogP contribution in [0, 0.1) is 0 Å². The van der Waals surface area contributed by atoms with E-state index in [2.05, 4.69) is 36.5 Å². The van der Waals surface area contributed by atoms with Gasteiger partial charge in [-0.2, -0.15) is 0 Å². The van der Waals surface area contributed by atoms with Gasteiger partial charge < -0.3 is 10.4 Å². The van der Waals surface area contributed by atoms with Crippen LogP contribution >= 0.6 is 0 Å². The molecule has 0 radical (unpaired) electrons. The van der Waals surface area contributed by atoms with Crippen molar-refractivity contribution in [2.24, 2.45) is 0 Å². The van der Waals surface area contributed by atoms with Gasteiger partial charge in [-0.25, -0.2) is 4.79 Å². The zero-order chi connectivity index (χ0) is 15.5. The van der Waals surface area contributed by atoms with E-state index in [9.17, 15) is 4.79 Å². The molecule has 0 heterocycles. The molecule has 2 N–H and O–H groups in total. The molecule has 22 heavy (non-hydrogen) atoms. The van der Waals surface area contributed by atoms with E-state index in [1.54, 1.807) is 12.1 Å². The Hall–Kier alpha value is -2.13. The molecule has 3 nitrogen and oxygen atoms in total. The van der Waals surface area contributed by atoms with E-state index >= 15 is 0 Å². The van der Waals surface area contributed by atoms with Gasteiger partial charge in [0, 0.05) is 12.6 Å². The van der Waals surface area contributed by atoms with Crippen molar-refractivity contribution in [2.45, 2.75) is 38.3 Å². The number of carboxylic acids is 1. The summed E-state index contributed by atoms with van der Waals surface area (Å²) in [6.45, 7) is 2.90. The first-order valence-electron chi connectivity index (χ1n) is 7.79. The number of carbonyl (C=O) groups is 1. The lowest BCUT2D eigenvalue weighted by molar-refractivity contribution is 0.0697. The first-order valence-corrected chi connectivity index (χ1v) is 7.79. The molecular weight excluding hydrogens is 274 g/mol. The molecule has 0 bridgehead atoms. The maximum absolute atomic E-state index is 10.8. The van der Waals surface area contributed by atoms with Gasteiger partial charge in [0.05, 0.1) is 5.56 Å². The Kier molecular flexibility index (Phi) is 4.25. The van der Waals surface area contributed by atoms with E-state index in [1.807, 2.05) is 12.1 Å². The molecule has 0 aromatic heterocycles. The summed E-state index contributed by atoms with van der Waals surface area (Å²) >= 11 is 0. The highest BCUT2D eigenvalue weighted by Crippen LogP contribution is 2.40. The Morgan fingerprint density at radius 2 is 1.95 bits per heavy atom. The van der Waals surface area contributed by atoms with Crippen LogP contribution in [0.5, 0.6) is 0 Å². The van der Waals surface area contributed by atoms with Crippen molar-refractivity contribution < 1.29 is 9.90 Å². The molecule has 1 atom stereocenters. The number of aromatic carboxylic acids is 1. The van der Waals surface area contributed by atoms with Crippen molar-refractivity contribution in [3.8, 4) is 0 Å². The molecule has 3 heteroatoms. The number of carboxylic acid groups (broad SMARTS) is 1. The lowest BCUT2D eigenvalue weighted by Crippen LogP contribution is -2.18. The molecule has 1 unspecified atom stereocenters. The Morgan fingerprint density at radius 1 is 1.23 bits per heavy atom. The highest BCUT2D eigenvalue weighted by molar-refractivity contribution is 5.87. The fraction of sp³-hybridized carbons (Fsp3) is 0.316. The smallest absolute Gasteiger partial charge is 0.335 e. The maximum Gasteiger partial charge on any atom is 0.335 e. The molecule has 114 valence electrons. The van der Waals surface area contributed by atoms with Gasteiger partial charge in [0.1, 0.15) is 0 Å². The summed E-state index contributed by atoms with van der Waals surface area (Å²) in [5.41, 5.74) is 4.19. The summed E-state index contributed by atoms with van der Waals surface area (Å²) in [7, 11) is 0. The second kappa shape index (κ2) is 6.32. The van der Waals surface area contributed by atoms with Crippen LogP contribution in [-0.4, -0.2) is 11.1 Å². The van der Waals surface area contributed by atoms with Crippen molar-refractivity contribution >= 4 is 5.97 Å². The molecule has 0 amide bonds. The molecule has 0 saturated heterocycles. The molecular formula is C19H21NO2. The number of rotatable bonds is 6. The molecule has 0 aliphatic heterocycles. The average Bonchev–Trinajstić information content (AvgIpc) is 3.38. The normalized spacial score (nSPS) is 15.5. The zero-order valence-corrected chi connectivity index (χ0v) is 12.8. The second-order valence-electron chi connectivity index (χ2n) is 6.05. The van der Waals surface area contributed by atoms with Crippen LogP contribution < -0.4 is 5.32 Å². The van der Waals surface area contributed by atoms with Crippen LogP contribution in [0.4, 0.5) is 0 Å². The van der Waals surface area contributed by atoms with E-state index in [0.29, 0.717) is 5.56 Å². The topological polar surface area (TPSA) is 49.3 Å². The maximum atomic E-state index is 10.8. The Bertz CT molecular complexity index is 659. The Labute approximate surface area is 131 Å². The quantitative estimate of drug-likeness (QED) is 0.843. The molecule has 0 spiro atoms. The first-order chi connectivity index (χ1) is 10.6. The lowest BCUT2D eigenvalue weighted by Gasteiger charge is -2.15. The van der Waals surface area contributed by atoms with E-state index in [-0.39, 0.29) is 6.04 Å². The standard InChI is InChI=1S/C19H21NO2/c1-13(17-3-2-4-18(11-17)15-9-10-15)20-12-14-5-7-16(8-6-14)19(21)22/h2-8,11,13,15,20H,9-10,12H2,1H3,(H,21,22). The molecule has 2 aromatic carbocycles. The van der Waals surface area contributed by atoms with Crippen LogP contribution in [0.1, 0.15) is 58.8 Å². The summed E-state index contributed by atoms with van der Waals surface area (Å²) in [6, 6.07) is 16.1. The Morgan fingerprint density at radius 3 is 2.59 bits per heavy atom. The second-order valence-corrected chi connectivity index (χ2v) is 6.05. The van der Waals surface area contributed by atoms with Gasteiger partial charge in [0.2, 0.25) is 0 Å². The molecule has 2 aromatic rings. The van der Waals surface area contributed by atoms with Crippen molar-refractivity contribution in [3.05, 3.63) is 70.8 Å². The van der Waals surface area contributed by atoms with E-state index < -0.39 is 5.97 Å². The minimum atomic E-state index is -0.884. The number of benzene rings is 2. The van der Waals surface area contributed by atoms with Crippen LogP contribution in [0.2, 0.25) is 0 Å². The van der Waals surface area contributed by atoms with Crippen LogP contribution in [0.25, 0.3) is 0 Å². The first kappa shape index (κ1) is 14.8. The molecule has 3 rings (SSSR count). The van der Waals surface area contributed by atoms with Crippen molar-refractivity contribution in [2.75, 3.05) is 0 Å². The molecule has 1 fully saturated rings. The molecule has 1 aliphatic rings. The van der Waals surface area contributed by atoms with Gasteiger partial charge in [-0.1, -0.05) is 36.4 Å². The summed E-state index contributed by atoms with van der Waals surface area (Å²) in [6.07, 6.45) is 2.64. The summed E-state index contributed by atoms with van der Waals surface area (Å²) < 4.78 is 0. The fourth-order valence-electron chi connectivity index (χ4n) is 2.65. The largest absolute Gasteiger partial charge is 0.478 e. The van der Waals surface area contributed by atoms with E-state index in [0.717, 1.165) is 18.0 Å². The number of hydrogen-bond donors (Lipinski definition) is 2. The fourth-order valence-corrected chi connectivity index (χ4v) is 2.65. The van der Waals surface area contributed by atoms with Gasteiger partial charge in [-0.15, -0.1) is 0 Å². The zero-order valence-electron chi connectivity index (χ0n) is 12.8. The minimum Gasteiger partial charge on any atom is -0.478 e. The highest BCUT2D eigenvalue weighted by Gasteiger charge is 2.23. The predicted molar refractivity (Wildman–Crippen MR) is 87.1 cm³/mol. The van der Waals surface area contributed by atoms with Gasteiger partial charge >= 0.3 is 5.97 Å². The number of hydrogen-bond acceptors (Lipinski definition) is 2. The lowest BCUT2D eigenvalue weighted by atomic mass is 10.0. The summed E-state index contributed by atoms with van der Waals surface area (Å²) in [5.74, 6) is -0.111.